The molecule has 0 atom stereocenters. The van der Waals surface area contributed by atoms with Gasteiger partial charge < -0.3 is 10.6 Å². The minimum absolute atomic E-state index is 0.122. The highest BCUT2D eigenvalue weighted by Gasteiger charge is 2.13. The molecule has 0 saturated heterocycles. The summed E-state index contributed by atoms with van der Waals surface area (Å²) in [5.74, 6) is 0.661. The molecule has 2 aromatic rings. The predicted octanol–water partition coefficient (Wildman–Crippen LogP) is 5.23. The number of benzene rings is 1. The van der Waals surface area contributed by atoms with E-state index >= 15 is 0 Å². The number of nitrogens with one attached hydrogen (secondary N) is 2. The van der Waals surface area contributed by atoms with E-state index in [2.05, 4.69) is 31.5 Å². The third kappa shape index (κ3) is 4.81. The summed E-state index contributed by atoms with van der Waals surface area (Å²) < 4.78 is 0.985. The van der Waals surface area contributed by atoms with Crippen LogP contribution < -0.4 is 10.6 Å². The summed E-state index contributed by atoms with van der Waals surface area (Å²) in [4.78, 5) is 16.8. The summed E-state index contributed by atoms with van der Waals surface area (Å²) in [7, 11) is 0. The molecule has 0 bridgehead atoms. The van der Waals surface area contributed by atoms with Gasteiger partial charge in [-0.2, -0.15) is 0 Å². The van der Waals surface area contributed by atoms with E-state index in [1.54, 1.807) is 12.3 Å². The molecule has 24 heavy (non-hydrogen) atoms. The lowest BCUT2D eigenvalue weighted by Gasteiger charge is -2.17. The second-order valence-electron chi connectivity index (χ2n) is 6.22. The van der Waals surface area contributed by atoms with Gasteiger partial charge in [0.05, 0.1) is 0 Å². The number of carbonyl (C=O) groups is 1. The third-order valence-electron chi connectivity index (χ3n) is 4.33. The van der Waals surface area contributed by atoms with Gasteiger partial charge in [0, 0.05) is 28.0 Å². The number of hydrogen-bond acceptors (Lipinski definition) is 3. The average molecular weight is 388 g/mol. The maximum absolute atomic E-state index is 12.4. The van der Waals surface area contributed by atoms with E-state index in [0.717, 1.165) is 16.0 Å². The van der Waals surface area contributed by atoms with Crippen LogP contribution in [0.2, 0.25) is 0 Å². The number of amides is 1. The van der Waals surface area contributed by atoms with Crippen LogP contribution in [0.4, 0.5) is 11.5 Å². The number of rotatable bonds is 4. The molecule has 0 unspecified atom stereocenters. The average Bonchev–Trinajstić information content (AvgIpc) is 2.86. The number of aromatic nitrogens is 1. The van der Waals surface area contributed by atoms with Gasteiger partial charge in [0.2, 0.25) is 0 Å². The first-order chi connectivity index (χ1) is 11.7. The normalized spacial score (nSPS) is 15.5. The minimum Gasteiger partial charge on any atom is -0.367 e. The van der Waals surface area contributed by atoms with Crippen molar-refractivity contribution in [2.75, 3.05) is 10.6 Å². The molecule has 0 radical (unpaired) electrons. The van der Waals surface area contributed by atoms with E-state index in [4.69, 9.17) is 0 Å². The van der Waals surface area contributed by atoms with Gasteiger partial charge in [-0.05, 0) is 49.2 Å². The Morgan fingerprint density at radius 1 is 1.04 bits per heavy atom. The first kappa shape index (κ1) is 17.0. The van der Waals surface area contributed by atoms with Gasteiger partial charge in [0.15, 0.2) is 0 Å². The molecule has 1 fully saturated rings. The Kier molecular flexibility index (Phi) is 5.86. The van der Waals surface area contributed by atoms with E-state index in [1.807, 2.05) is 30.3 Å². The Balaban J connectivity index is 1.65. The van der Waals surface area contributed by atoms with E-state index in [9.17, 15) is 4.79 Å². The van der Waals surface area contributed by atoms with Crippen molar-refractivity contribution in [3.8, 4) is 0 Å². The Hall–Kier alpha value is -1.88. The van der Waals surface area contributed by atoms with Crippen molar-refractivity contribution >= 4 is 33.3 Å². The lowest BCUT2D eigenvalue weighted by Crippen LogP contribution is -2.19. The maximum Gasteiger partial charge on any atom is 0.255 e. The van der Waals surface area contributed by atoms with Crippen LogP contribution in [0.5, 0.6) is 0 Å². The Labute approximate surface area is 151 Å². The van der Waals surface area contributed by atoms with E-state index < -0.39 is 0 Å². The molecule has 0 aliphatic heterocycles. The van der Waals surface area contributed by atoms with Gasteiger partial charge in [0.1, 0.15) is 5.82 Å². The summed E-state index contributed by atoms with van der Waals surface area (Å²) in [6, 6.07) is 11.6. The largest absolute Gasteiger partial charge is 0.367 e. The Morgan fingerprint density at radius 2 is 1.75 bits per heavy atom. The van der Waals surface area contributed by atoms with Crippen molar-refractivity contribution in [1.82, 2.24) is 4.98 Å². The monoisotopic (exact) mass is 387 g/mol. The fourth-order valence-electron chi connectivity index (χ4n) is 3.02. The molecule has 5 heteroatoms. The quantitative estimate of drug-likeness (QED) is 0.705. The highest BCUT2D eigenvalue weighted by atomic mass is 79.9. The number of hydrogen-bond donors (Lipinski definition) is 2. The number of pyridine rings is 1. The van der Waals surface area contributed by atoms with Gasteiger partial charge in [-0.3, -0.25) is 4.79 Å². The Bertz CT molecular complexity index is 679. The standard InChI is InChI=1S/C19H22BrN3O/c20-15-7-9-17(10-8-15)23-19(24)14-11-12-21-18(13-14)22-16-5-3-1-2-4-6-16/h7-13,16H,1-6H2,(H,21,22)(H,23,24). The molecule has 3 rings (SSSR count). The molecule has 1 aliphatic rings. The van der Waals surface area contributed by atoms with Crippen molar-refractivity contribution in [3.05, 3.63) is 52.6 Å². The van der Waals surface area contributed by atoms with Gasteiger partial charge >= 0.3 is 0 Å². The molecule has 126 valence electrons. The zero-order valence-corrected chi connectivity index (χ0v) is 15.2. The van der Waals surface area contributed by atoms with Crippen molar-refractivity contribution in [1.29, 1.82) is 0 Å². The van der Waals surface area contributed by atoms with Gasteiger partial charge in [-0.1, -0.05) is 41.6 Å². The molecule has 1 heterocycles. The van der Waals surface area contributed by atoms with Crippen LogP contribution >= 0.6 is 15.9 Å². The second-order valence-corrected chi connectivity index (χ2v) is 7.14. The molecule has 1 amide bonds. The lowest BCUT2D eigenvalue weighted by molar-refractivity contribution is 0.102. The summed E-state index contributed by atoms with van der Waals surface area (Å²) in [6.45, 7) is 0. The molecule has 1 aromatic carbocycles. The molecule has 0 spiro atoms. The van der Waals surface area contributed by atoms with Gasteiger partial charge in [0.25, 0.3) is 5.91 Å². The number of carbonyl (C=O) groups excluding carboxylic acids is 1. The minimum atomic E-state index is -0.122. The summed E-state index contributed by atoms with van der Waals surface area (Å²) in [5.41, 5.74) is 1.39. The molecular weight excluding hydrogens is 366 g/mol. The van der Waals surface area contributed by atoms with Crippen LogP contribution in [0, 0.1) is 0 Å². The first-order valence-corrected chi connectivity index (χ1v) is 9.29. The predicted molar refractivity (Wildman–Crippen MR) is 101 cm³/mol. The van der Waals surface area contributed by atoms with E-state index in [0.29, 0.717) is 11.6 Å². The maximum atomic E-state index is 12.4. The summed E-state index contributed by atoms with van der Waals surface area (Å²) >= 11 is 3.39. The Morgan fingerprint density at radius 3 is 2.46 bits per heavy atom. The van der Waals surface area contributed by atoms with Gasteiger partial charge in [-0.15, -0.1) is 0 Å². The zero-order valence-electron chi connectivity index (χ0n) is 13.6. The van der Waals surface area contributed by atoms with Crippen molar-refractivity contribution in [2.24, 2.45) is 0 Å². The summed E-state index contributed by atoms with van der Waals surface area (Å²) in [5, 5.41) is 6.40. The van der Waals surface area contributed by atoms with Crippen LogP contribution in [-0.4, -0.2) is 16.9 Å². The highest BCUT2D eigenvalue weighted by Crippen LogP contribution is 2.21. The highest BCUT2D eigenvalue weighted by molar-refractivity contribution is 9.10. The van der Waals surface area contributed by atoms with E-state index in [1.165, 1.54) is 38.5 Å². The van der Waals surface area contributed by atoms with Crippen LogP contribution in [0.1, 0.15) is 48.9 Å². The number of anilines is 2. The summed E-state index contributed by atoms with van der Waals surface area (Å²) in [6.07, 6.45) is 9.22. The van der Waals surface area contributed by atoms with Crippen LogP contribution in [-0.2, 0) is 0 Å². The number of nitrogens with zero attached hydrogens (tertiary/aromatic N) is 1. The van der Waals surface area contributed by atoms with Crippen LogP contribution in [0.15, 0.2) is 47.1 Å². The molecule has 1 aliphatic carbocycles. The van der Waals surface area contributed by atoms with Crippen LogP contribution in [0.25, 0.3) is 0 Å². The fraction of sp³-hybridized carbons (Fsp3) is 0.368. The van der Waals surface area contributed by atoms with Crippen molar-refractivity contribution in [3.63, 3.8) is 0 Å². The smallest absolute Gasteiger partial charge is 0.255 e. The van der Waals surface area contributed by atoms with Gasteiger partial charge in [-0.25, -0.2) is 4.98 Å². The first-order valence-electron chi connectivity index (χ1n) is 8.50. The van der Waals surface area contributed by atoms with Crippen LogP contribution in [0.3, 0.4) is 0 Å². The SMILES string of the molecule is O=C(Nc1ccc(Br)cc1)c1ccnc(NC2CCCCCC2)c1. The van der Waals surface area contributed by atoms with Crippen molar-refractivity contribution in [2.45, 2.75) is 44.6 Å². The molecular formula is C19H22BrN3O. The molecule has 2 N–H and O–H groups in total. The molecule has 1 saturated carbocycles. The fourth-order valence-corrected chi connectivity index (χ4v) is 3.28. The topological polar surface area (TPSA) is 54.0 Å². The second kappa shape index (κ2) is 8.29. The molecule has 1 aromatic heterocycles. The molecule has 4 nitrogen and oxygen atoms in total. The zero-order chi connectivity index (χ0) is 16.8. The van der Waals surface area contributed by atoms with E-state index in [-0.39, 0.29) is 5.91 Å². The lowest BCUT2D eigenvalue weighted by atomic mass is 10.1. The number of halogens is 1. The van der Waals surface area contributed by atoms with Crippen molar-refractivity contribution < 1.29 is 4.79 Å². The third-order valence-corrected chi connectivity index (χ3v) is 4.86.